The lowest BCUT2D eigenvalue weighted by Gasteiger charge is -1.90. The molecule has 2 aromatic carbocycles. The molecule has 0 aliphatic rings. The first-order valence-corrected chi connectivity index (χ1v) is 5.61. The van der Waals surface area contributed by atoms with E-state index < -0.39 is 9.85 Å². The lowest BCUT2D eigenvalue weighted by atomic mass is 10.3. The second-order valence-electron chi connectivity index (χ2n) is 3.51. The Hall–Kier alpha value is -2.67. The van der Waals surface area contributed by atoms with Crippen LogP contribution in [0.1, 0.15) is 0 Å². The summed E-state index contributed by atoms with van der Waals surface area (Å²) in [5.41, 5.74) is -0.548. The number of hydrogen-bond donors (Lipinski definition) is 1. The number of phenols is 1. The largest absolute Gasteiger partial charge is 0.508 e. The highest BCUT2D eigenvalue weighted by molar-refractivity contribution is 6.30. The summed E-state index contributed by atoms with van der Waals surface area (Å²) in [4.78, 5) is 19.0. The third-order valence-electron chi connectivity index (χ3n) is 2.08. The normalized spacial score (nSPS) is 9.25. The van der Waals surface area contributed by atoms with Crippen LogP contribution in [0.25, 0.3) is 0 Å². The summed E-state index contributed by atoms with van der Waals surface area (Å²) in [6.07, 6.45) is 0. The minimum Gasteiger partial charge on any atom is -0.508 e. The summed E-state index contributed by atoms with van der Waals surface area (Å²) in [6, 6.07) is 11.0. The molecule has 8 heteroatoms. The fourth-order valence-electron chi connectivity index (χ4n) is 1.16. The summed E-state index contributed by atoms with van der Waals surface area (Å²) in [7, 11) is 0. The van der Waals surface area contributed by atoms with Gasteiger partial charge in [0, 0.05) is 17.2 Å². The van der Waals surface area contributed by atoms with Gasteiger partial charge in [-0.25, -0.2) is 0 Å². The zero-order chi connectivity index (χ0) is 15.1. The number of benzene rings is 2. The quantitative estimate of drug-likeness (QED) is 0.673. The maximum atomic E-state index is 10.2. The van der Waals surface area contributed by atoms with Gasteiger partial charge in [-0.05, 0) is 30.3 Å². The van der Waals surface area contributed by atoms with Gasteiger partial charge < -0.3 is 5.11 Å². The van der Waals surface area contributed by atoms with Crippen molar-refractivity contribution in [3.8, 4) is 5.75 Å². The lowest BCUT2D eigenvalue weighted by molar-refractivity contribution is -0.394. The molecule has 0 aliphatic carbocycles. The summed E-state index contributed by atoms with van der Waals surface area (Å²) in [5, 5.41) is 29.7. The number of nitro benzene ring substituents is 2. The Morgan fingerprint density at radius 3 is 1.70 bits per heavy atom. The molecule has 0 aromatic heterocycles. The number of non-ortho nitro benzene ring substituents is 2. The number of nitrogens with zero attached hydrogens (tertiary/aromatic N) is 2. The highest BCUT2D eigenvalue weighted by atomic mass is 35.5. The van der Waals surface area contributed by atoms with Crippen LogP contribution in [-0.4, -0.2) is 15.0 Å². The number of halogens is 1. The van der Waals surface area contributed by atoms with E-state index in [-0.39, 0.29) is 17.1 Å². The highest BCUT2D eigenvalue weighted by Crippen LogP contribution is 2.18. The van der Waals surface area contributed by atoms with Gasteiger partial charge in [-0.1, -0.05) is 11.6 Å². The standard InChI is InChI=1S/C6H5ClO.C6H4N2O4/c7-5-1-3-6(8)4-2-5;9-7(10)5-2-1-3-6(4-5)8(11)12/h1-4,8H;1-4H. The maximum absolute atomic E-state index is 10.2. The van der Waals surface area contributed by atoms with Crippen molar-refractivity contribution in [2.45, 2.75) is 0 Å². The van der Waals surface area contributed by atoms with Crippen molar-refractivity contribution in [2.24, 2.45) is 0 Å². The zero-order valence-electron chi connectivity index (χ0n) is 9.97. The van der Waals surface area contributed by atoms with Crippen LogP contribution in [0.4, 0.5) is 11.4 Å². The fraction of sp³-hybridized carbons (Fsp3) is 0. The van der Waals surface area contributed by atoms with Gasteiger partial charge in [0.1, 0.15) is 5.75 Å². The van der Waals surface area contributed by atoms with Crippen LogP contribution >= 0.6 is 11.6 Å². The third-order valence-corrected chi connectivity index (χ3v) is 2.33. The molecule has 0 atom stereocenters. The average molecular weight is 297 g/mol. The van der Waals surface area contributed by atoms with Gasteiger partial charge in [0.25, 0.3) is 11.4 Å². The number of rotatable bonds is 2. The summed E-state index contributed by atoms with van der Waals surface area (Å²) in [5.74, 6) is 0.245. The second-order valence-corrected chi connectivity index (χ2v) is 3.95. The number of hydrogen-bond acceptors (Lipinski definition) is 5. The minimum absolute atomic E-state index is 0.245. The predicted octanol–water partition coefficient (Wildman–Crippen LogP) is 3.55. The zero-order valence-corrected chi connectivity index (χ0v) is 10.7. The van der Waals surface area contributed by atoms with Crippen molar-refractivity contribution < 1.29 is 15.0 Å². The Morgan fingerprint density at radius 1 is 0.900 bits per heavy atom. The first-order chi connectivity index (χ1) is 9.40. The van der Waals surface area contributed by atoms with Crippen molar-refractivity contribution in [1.82, 2.24) is 0 Å². The highest BCUT2D eigenvalue weighted by Gasteiger charge is 2.11. The van der Waals surface area contributed by atoms with Crippen LogP contribution in [0.2, 0.25) is 5.02 Å². The Morgan fingerprint density at radius 2 is 1.35 bits per heavy atom. The Kier molecular flexibility index (Phi) is 5.42. The van der Waals surface area contributed by atoms with Crippen LogP contribution in [-0.2, 0) is 0 Å². The van der Waals surface area contributed by atoms with Crippen LogP contribution < -0.4 is 0 Å². The van der Waals surface area contributed by atoms with E-state index in [0.29, 0.717) is 5.02 Å². The van der Waals surface area contributed by atoms with Crippen LogP contribution in [0.5, 0.6) is 5.75 Å². The molecule has 2 rings (SSSR count). The topological polar surface area (TPSA) is 107 Å². The maximum Gasteiger partial charge on any atom is 0.276 e. The van der Waals surface area contributed by atoms with Gasteiger partial charge in [-0.2, -0.15) is 0 Å². The molecule has 0 saturated carbocycles. The number of nitro groups is 2. The Labute approximate surface area is 118 Å². The average Bonchev–Trinajstić information content (AvgIpc) is 2.43. The molecule has 0 aliphatic heterocycles. The van der Waals surface area contributed by atoms with Gasteiger partial charge in [-0.3, -0.25) is 20.2 Å². The first-order valence-electron chi connectivity index (χ1n) is 5.23. The molecular formula is C12H9ClN2O5. The predicted molar refractivity (Wildman–Crippen MR) is 72.9 cm³/mol. The monoisotopic (exact) mass is 296 g/mol. The van der Waals surface area contributed by atoms with Crippen molar-refractivity contribution in [1.29, 1.82) is 0 Å². The SMILES string of the molecule is O=[N+]([O-])c1cccc([N+](=O)[O-])c1.Oc1ccc(Cl)cc1. The molecule has 0 amide bonds. The summed E-state index contributed by atoms with van der Waals surface area (Å²) >= 11 is 5.50. The van der Waals surface area contributed by atoms with Gasteiger partial charge in [0.2, 0.25) is 0 Å². The van der Waals surface area contributed by atoms with E-state index >= 15 is 0 Å². The van der Waals surface area contributed by atoms with Crippen molar-refractivity contribution >= 4 is 23.0 Å². The molecular weight excluding hydrogens is 288 g/mol. The number of phenolic OH excluding ortho intramolecular Hbond substituents is 1. The molecule has 104 valence electrons. The Bertz CT molecular complexity index is 565. The molecule has 0 radical (unpaired) electrons. The van der Waals surface area contributed by atoms with Crippen molar-refractivity contribution in [2.75, 3.05) is 0 Å². The van der Waals surface area contributed by atoms with Crippen LogP contribution in [0, 0.1) is 20.2 Å². The smallest absolute Gasteiger partial charge is 0.276 e. The molecule has 1 N–H and O–H groups in total. The Balaban J connectivity index is 0.000000217. The summed E-state index contributed by atoms with van der Waals surface area (Å²) in [6.45, 7) is 0. The lowest BCUT2D eigenvalue weighted by Crippen LogP contribution is -1.91. The van der Waals surface area contributed by atoms with E-state index in [2.05, 4.69) is 0 Å². The van der Waals surface area contributed by atoms with Gasteiger partial charge in [-0.15, -0.1) is 0 Å². The molecule has 7 nitrogen and oxygen atoms in total. The summed E-state index contributed by atoms with van der Waals surface area (Å²) < 4.78 is 0. The van der Waals surface area contributed by atoms with Gasteiger partial charge in [0.15, 0.2) is 0 Å². The molecule has 0 fully saturated rings. The molecule has 2 aromatic rings. The number of aromatic hydroxyl groups is 1. The van der Waals surface area contributed by atoms with Crippen molar-refractivity contribution in [3.63, 3.8) is 0 Å². The van der Waals surface area contributed by atoms with E-state index in [1.807, 2.05) is 0 Å². The molecule has 0 spiro atoms. The van der Waals surface area contributed by atoms with Crippen molar-refractivity contribution in [3.05, 3.63) is 73.8 Å². The molecule has 0 unspecified atom stereocenters. The molecule has 0 saturated heterocycles. The van der Waals surface area contributed by atoms with E-state index in [4.69, 9.17) is 16.7 Å². The van der Waals surface area contributed by atoms with Crippen LogP contribution in [0.15, 0.2) is 48.5 Å². The van der Waals surface area contributed by atoms with E-state index in [0.717, 1.165) is 6.07 Å². The van der Waals surface area contributed by atoms with Gasteiger partial charge in [0.05, 0.1) is 15.9 Å². The van der Waals surface area contributed by atoms with E-state index in [9.17, 15) is 20.2 Å². The van der Waals surface area contributed by atoms with Gasteiger partial charge >= 0.3 is 0 Å². The fourth-order valence-corrected chi connectivity index (χ4v) is 1.29. The van der Waals surface area contributed by atoms with Crippen LogP contribution in [0.3, 0.4) is 0 Å². The molecule has 0 bridgehead atoms. The van der Waals surface area contributed by atoms with E-state index in [1.54, 1.807) is 24.3 Å². The minimum atomic E-state index is -0.674. The third kappa shape index (κ3) is 4.91. The molecule has 0 heterocycles. The van der Waals surface area contributed by atoms with E-state index in [1.165, 1.54) is 18.2 Å². The second kappa shape index (κ2) is 7.05. The molecule has 20 heavy (non-hydrogen) atoms. The first kappa shape index (κ1) is 15.4.